The maximum absolute atomic E-state index is 12.2. The Morgan fingerprint density at radius 3 is 2.55 bits per heavy atom. The summed E-state index contributed by atoms with van der Waals surface area (Å²) in [5.41, 5.74) is 2.17. The number of amides is 2. The first-order chi connectivity index (χ1) is 9.62. The van der Waals surface area contributed by atoms with Crippen LogP contribution in [0.25, 0.3) is 0 Å². The number of hydrogen-bond donors (Lipinski definition) is 3. The molecule has 20 heavy (non-hydrogen) atoms. The number of aliphatic hydroxyl groups excluding tert-OH is 1. The lowest BCUT2D eigenvalue weighted by atomic mass is 9.96. The molecule has 2 amide bonds. The van der Waals surface area contributed by atoms with E-state index in [4.69, 9.17) is 10.9 Å². The second-order valence-corrected chi connectivity index (χ2v) is 5.11. The monoisotopic (exact) mass is 286 g/mol. The average molecular weight is 286 g/mol. The Bertz CT molecular complexity index is 317. The van der Waals surface area contributed by atoms with Gasteiger partial charge in [0, 0.05) is 32.2 Å². The van der Waals surface area contributed by atoms with E-state index < -0.39 is 0 Å². The summed E-state index contributed by atoms with van der Waals surface area (Å²) in [5.74, 6) is 4.99. The first kappa shape index (κ1) is 16.9. The van der Waals surface area contributed by atoms with Crippen LogP contribution in [0.5, 0.6) is 0 Å². The topological polar surface area (TPSA) is 98.9 Å². The molecule has 7 heteroatoms. The maximum Gasteiger partial charge on any atom is 0.237 e. The average Bonchev–Trinajstić information content (AvgIpc) is 2.50. The van der Waals surface area contributed by atoms with E-state index in [1.807, 2.05) is 16.7 Å². The predicted octanol–water partition coefficient (Wildman–Crippen LogP) is -1.08. The van der Waals surface area contributed by atoms with E-state index in [2.05, 4.69) is 5.43 Å². The summed E-state index contributed by atoms with van der Waals surface area (Å²) < 4.78 is 0. The second-order valence-electron chi connectivity index (χ2n) is 5.11. The zero-order valence-corrected chi connectivity index (χ0v) is 12.2. The van der Waals surface area contributed by atoms with Gasteiger partial charge in [0.2, 0.25) is 11.8 Å². The van der Waals surface area contributed by atoms with Gasteiger partial charge >= 0.3 is 0 Å². The van der Waals surface area contributed by atoms with Crippen LogP contribution in [0.2, 0.25) is 0 Å². The van der Waals surface area contributed by atoms with E-state index in [0.717, 1.165) is 13.1 Å². The fourth-order valence-electron chi connectivity index (χ4n) is 2.44. The first-order valence-corrected chi connectivity index (χ1v) is 7.23. The number of nitrogens with two attached hydrogens (primary N) is 1. The molecular formula is C13H26N4O3. The molecule has 0 saturated carbocycles. The number of rotatable bonds is 7. The molecule has 116 valence electrons. The fraction of sp³-hybridized carbons (Fsp3) is 0.846. The number of piperidine rings is 1. The van der Waals surface area contributed by atoms with Crippen molar-refractivity contribution in [1.29, 1.82) is 0 Å². The van der Waals surface area contributed by atoms with Crippen molar-refractivity contribution >= 4 is 11.8 Å². The van der Waals surface area contributed by atoms with Crippen molar-refractivity contribution in [1.82, 2.24) is 15.2 Å². The van der Waals surface area contributed by atoms with Gasteiger partial charge in [-0.25, -0.2) is 5.84 Å². The molecule has 1 heterocycles. The number of hydrogen-bond acceptors (Lipinski definition) is 5. The van der Waals surface area contributed by atoms with Crippen LogP contribution in [0.4, 0.5) is 0 Å². The molecule has 0 aromatic heterocycles. The Hall–Kier alpha value is -1.18. The normalized spacial score (nSPS) is 16.5. The zero-order chi connectivity index (χ0) is 15.0. The summed E-state index contributed by atoms with van der Waals surface area (Å²) in [6, 6.07) is 0. The van der Waals surface area contributed by atoms with E-state index in [0.29, 0.717) is 38.9 Å². The molecule has 1 aliphatic rings. The van der Waals surface area contributed by atoms with Crippen molar-refractivity contribution in [2.45, 2.75) is 26.2 Å². The summed E-state index contributed by atoms with van der Waals surface area (Å²) in [5, 5.41) is 8.83. The minimum Gasteiger partial charge on any atom is -0.396 e. The van der Waals surface area contributed by atoms with E-state index in [-0.39, 0.29) is 24.3 Å². The van der Waals surface area contributed by atoms with Gasteiger partial charge in [0.1, 0.15) is 0 Å². The Balaban J connectivity index is 2.36. The van der Waals surface area contributed by atoms with Crippen LogP contribution < -0.4 is 11.3 Å². The van der Waals surface area contributed by atoms with Gasteiger partial charge in [-0.05, 0) is 25.8 Å². The smallest absolute Gasteiger partial charge is 0.237 e. The van der Waals surface area contributed by atoms with Crippen molar-refractivity contribution in [2.24, 2.45) is 11.8 Å². The highest BCUT2D eigenvalue weighted by atomic mass is 16.3. The molecule has 0 bridgehead atoms. The lowest BCUT2D eigenvalue weighted by Crippen LogP contribution is -2.47. The van der Waals surface area contributed by atoms with Gasteiger partial charge in [-0.1, -0.05) is 6.92 Å². The summed E-state index contributed by atoms with van der Waals surface area (Å²) in [7, 11) is 0. The van der Waals surface area contributed by atoms with Crippen LogP contribution in [0.1, 0.15) is 26.2 Å². The molecule has 1 rings (SSSR count). The Morgan fingerprint density at radius 2 is 2.05 bits per heavy atom. The van der Waals surface area contributed by atoms with Crippen LogP contribution in [-0.2, 0) is 9.59 Å². The molecule has 0 unspecified atom stereocenters. The molecule has 0 spiro atoms. The number of hydrazine groups is 1. The standard InChI is InChI=1S/C13H26N4O3/c1-2-16(6-3-9-18)10-12(19)17-7-4-11(5-8-17)13(20)15-14/h11,18H,2-10,14H2,1H3,(H,15,20). The predicted molar refractivity (Wildman–Crippen MR) is 75.5 cm³/mol. The minimum atomic E-state index is -0.143. The van der Waals surface area contributed by atoms with Crippen LogP contribution in [0.3, 0.4) is 0 Å². The van der Waals surface area contributed by atoms with Crippen molar-refractivity contribution in [3.63, 3.8) is 0 Å². The number of nitrogens with zero attached hydrogens (tertiary/aromatic N) is 2. The summed E-state index contributed by atoms with van der Waals surface area (Å²) in [4.78, 5) is 27.4. The van der Waals surface area contributed by atoms with Gasteiger partial charge < -0.3 is 10.0 Å². The SMILES string of the molecule is CCN(CCCO)CC(=O)N1CCC(C(=O)NN)CC1. The molecule has 4 N–H and O–H groups in total. The summed E-state index contributed by atoms with van der Waals surface area (Å²) >= 11 is 0. The number of aliphatic hydroxyl groups is 1. The fourth-order valence-corrected chi connectivity index (χ4v) is 2.44. The maximum atomic E-state index is 12.2. The molecule has 1 aliphatic heterocycles. The molecule has 1 fully saturated rings. The quantitative estimate of drug-likeness (QED) is 0.314. The van der Waals surface area contributed by atoms with E-state index in [9.17, 15) is 9.59 Å². The Morgan fingerprint density at radius 1 is 1.40 bits per heavy atom. The van der Waals surface area contributed by atoms with Crippen molar-refractivity contribution in [3.8, 4) is 0 Å². The molecule has 0 atom stereocenters. The van der Waals surface area contributed by atoms with Gasteiger partial charge in [0.05, 0.1) is 6.54 Å². The molecule has 0 aromatic carbocycles. The molecule has 0 radical (unpaired) electrons. The van der Waals surface area contributed by atoms with Gasteiger partial charge in [-0.2, -0.15) is 0 Å². The highest BCUT2D eigenvalue weighted by Gasteiger charge is 2.27. The molecule has 0 aromatic rings. The largest absolute Gasteiger partial charge is 0.396 e. The molecular weight excluding hydrogens is 260 g/mol. The van der Waals surface area contributed by atoms with Crippen LogP contribution in [-0.4, -0.2) is 66.1 Å². The van der Waals surface area contributed by atoms with Crippen LogP contribution in [0, 0.1) is 5.92 Å². The summed E-state index contributed by atoms with van der Waals surface area (Å²) in [6.45, 7) is 5.25. The number of carbonyl (C=O) groups is 2. The second kappa shape index (κ2) is 8.89. The van der Waals surface area contributed by atoms with Gasteiger partial charge in [0.15, 0.2) is 0 Å². The zero-order valence-electron chi connectivity index (χ0n) is 12.2. The van der Waals surface area contributed by atoms with E-state index >= 15 is 0 Å². The van der Waals surface area contributed by atoms with Crippen molar-refractivity contribution in [2.75, 3.05) is 39.3 Å². The number of nitrogens with one attached hydrogen (secondary N) is 1. The first-order valence-electron chi connectivity index (χ1n) is 7.23. The molecule has 1 saturated heterocycles. The van der Waals surface area contributed by atoms with Crippen molar-refractivity contribution < 1.29 is 14.7 Å². The van der Waals surface area contributed by atoms with Crippen LogP contribution in [0.15, 0.2) is 0 Å². The van der Waals surface area contributed by atoms with Crippen LogP contribution >= 0.6 is 0 Å². The van der Waals surface area contributed by atoms with E-state index in [1.165, 1.54) is 0 Å². The lowest BCUT2D eigenvalue weighted by molar-refractivity contribution is -0.136. The third kappa shape index (κ3) is 5.07. The Labute approximate surface area is 120 Å². The molecule has 0 aliphatic carbocycles. The van der Waals surface area contributed by atoms with Gasteiger partial charge in [-0.3, -0.25) is 19.9 Å². The van der Waals surface area contributed by atoms with Gasteiger partial charge in [0.25, 0.3) is 0 Å². The Kier molecular flexibility index (Phi) is 7.50. The number of likely N-dealkylation sites (N-methyl/N-ethyl adjacent to an activating group) is 1. The highest BCUT2D eigenvalue weighted by Crippen LogP contribution is 2.17. The minimum absolute atomic E-state index is 0.0827. The summed E-state index contributed by atoms with van der Waals surface area (Å²) in [6.07, 6.45) is 2.01. The van der Waals surface area contributed by atoms with Crippen molar-refractivity contribution in [3.05, 3.63) is 0 Å². The van der Waals surface area contributed by atoms with E-state index in [1.54, 1.807) is 0 Å². The van der Waals surface area contributed by atoms with Gasteiger partial charge in [-0.15, -0.1) is 0 Å². The highest BCUT2D eigenvalue weighted by molar-refractivity contribution is 5.80. The lowest BCUT2D eigenvalue weighted by Gasteiger charge is -2.32. The third-order valence-electron chi connectivity index (χ3n) is 3.80. The number of carbonyl (C=O) groups excluding carboxylic acids is 2. The third-order valence-corrected chi connectivity index (χ3v) is 3.80. The molecule has 7 nitrogen and oxygen atoms in total. The number of likely N-dealkylation sites (tertiary alicyclic amines) is 1.